The van der Waals surface area contributed by atoms with Crippen molar-refractivity contribution < 1.29 is 14.3 Å². The Kier molecular flexibility index (Phi) is 6.67. The summed E-state index contributed by atoms with van der Waals surface area (Å²) in [4.78, 5) is 27.0. The number of piperazine rings is 1. The Labute approximate surface area is 108 Å². The van der Waals surface area contributed by atoms with Gasteiger partial charge in [-0.2, -0.15) is 0 Å². The van der Waals surface area contributed by atoms with Gasteiger partial charge in [-0.05, 0) is 19.4 Å². The number of carbonyl (C=O) groups excluding carboxylic acids is 2. The first kappa shape index (κ1) is 14.9. The minimum absolute atomic E-state index is 0.00673. The van der Waals surface area contributed by atoms with E-state index < -0.39 is 0 Å². The van der Waals surface area contributed by atoms with Crippen LogP contribution in [0.1, 0.15) is 19.3 Å². The summed E-state index contributed by atoms with van der Waals surface area (Å²) >= 11 is 0. The largest absolute Gasteiger partial charge is 0.375 e. The molecular weight excluding hydrogens is 234 g/mol. The van der Waals surface area contributed by atoms with Crippen molar-refractivity contribution >= 4 is 11.8 Å². The maximum absolute atomic E-state index is 11.8. The van der Waals surface area contributed by atoms with Crippen LogP contribution in [0.4, 0.5) is 0 Å². The fourth-order valence-electron chi connectivity index (χ4n) is 2.00. The van der Waals surface area contributed by atoms with Crippen LogP contribution in [0.15, 0.2) is 0 Å². The van der Waals surface area contributed by atoms with E-state index in [1.165, 1.54) is 7.11 Å². The van der Waals surface area contributed by atoms with Gasteiger partial charge in [0.2, 0.25) is 11.8 Å². The van der Waals surface area contributed by atoms with Crippen molar-refractivity contribution in [2.45, 2.75) is 19.3 Å². The highest BCUT2D eigenvalue weighted by molar-refractivity contribution is 5.79. The number of rotatable bonds is 6. The van der Waals surface area contributed by atoms with Crippen molar-refractivity contribution in [2.24, 2.45) is 5.73 Å². The second kappa shape index (κ2) is 8.05. The van der Waals surface area contributed by atoms with Gasteiger partial charge in [-0.1, -0.05) is 0 Å². The van der Waals surface area contributed by atoms with Gasteiger partial charge in [0.25, 0.3) is 0 Å². The first-order valence-electron chi connectivity index (χ1n) is 6.43. The van der Waals surface area contributed by atoms with E-state index in [2.05, 4.69) is 0 Å². The Bertz CT molecular complexity index is 276. The summed E-state index contributed by atoms with van der Waals surface area (Å²) in [5.41, 5.74) is 5.39. The Balaban J connectivity index is 2.26. The summed E-state index contributed by atoms with van der Waals surface area (Å²) in [7, 11) is 1.51. The fourth-order valence-corrected chi connectivity index (χ4v) is 2.00. The summed E-state index contributed by atoms with van der Waals surface area (Å²) in [6.45, 7) is 3.19. The highest BCUT2D eigenvalue weighted by atomic mass is 16.5. The Morgan fingerprint density at radius 3 is 2.11 bits per heavy atom. The molecular formula is C12H23N3O3. The predicted molar refractivity (Wildman–Crippen MR) is 67.9 cm³/mol. The molecule has 6 nitrogen and oxygen atoms in total. The third kappa shape index (κ3) is 4.62. The molecule has 0 unspecified atom stereocenters. The molecule has 1 aliphatic heterocycles. The molecule has 0 aromatic rings. The number of hydrogen-bond acceptors (Lipinski definition) is 4. The minimum Gasteiger partial charge on any atom is -0.375 e. The number of amides is 2. The summed E-state index contributed by atoms with van der Waals surface area (Å²) in [6.07, 6.45) is 2.29. The van der Waals surface area contributed by atoms with Crippen molar-refractivity contribution in [1.29, 1.82) is 0 Å². The van der Waals surface area contributed by atoms with Crippen LogP contribution in [-0.4, -0.2) is 68.1 Å². The molecule has 1 heterocycles. The van der Waals surface area contributed by atoms with E-state index in [-0.39, 0.29) is 18.4 Å². The van der Waals surface area contributed by atoms with Gasteiger partial charge < -0.3 is 20.3 Å². The summed E-state index contributed by atoms with van der Waals surface area (Å²) in [5.74, 6) is 0.162. The first-order chi connectivity index (χ1) is 8.69. The molecule has 0 aromatic heterocycles. The Hall–Kier alpha value is -1.14. The third-order valence-electron chi connectivity index (χ3n) is 3.10. The normalized spacial score (nSPS) is 15.9. The summed E-state index contributed by atoms with van der Waals surface area (Å²) in [5, 5.41) is 0. The quantitative estimate of drug-likeness (QED) is 0.647. The van der Waals surface area contributed by atoms with E-state index in [1.807, 2.05) is 4.90 Å². The second-order valence-electron chi connectivity index (χ2n) is 4.44. The fraction of sp³-hybridized carbons (Fsp3) is 0.833. The lowest BCUT2D eigenvalue weighted by Gasteiger charge is -2.34. The first-order valence-corrected chi connectivity index (χ1v) is 6.43. The van der Waals surface area contributed by atoms with E-state index in [9.17, 15) is 9.59 Å². The van der Waals surface area contributed by atoms with E-state index in [4.69, 9.17) is 10.5 Å². The molecule has 6 heteroatoms. The highest BCUT2D eigenvalue weighted by Gasteiger charge is 2.23. The van der Waals surface area contributed by atoms with Gasteiger partial charge in [0.15, 0.2) is 0 Å². The van der Waals surface area contributed by atoms with Gasteiger partial charge in [0, 0.05) is 39.7 Å². The van der Waals surface area contributed by atoms with Crippen molar-refractivity contribution in [3.05, 3.63) is 0 Å². The van der Waals surface area contributed by atoms with Crippen molar-refractivity contribution in [3.8, 4) is 0 Å². The molecule has 0 atom stereocenters. The molecule has 2 amide bonds. The molecule has 1 saturated heterocycles. The van der Waals surface area contributed by atoms with Crippen LogP contribution in [0.5, 0.6) is 0 Å². The number of hydrogen-bond donors (Lipinski definition) is 1. The van der Waals surface area contributed by atoms with Gasteiger partial charge in [-0.15, -0.1) is 0 Å². The van der Waals surface area contributed by atoms with Crippen LogP contribution >= 0.6 is 0 Å². The molecule has 1 fully saturated rings. The lowest BCUT2D eigenvalue weighted by atomic mass is 10.2. The number of unbranched alkanes of at least 4 members (excludes halogenated alkanes) is 1. The molecule has 1 aliphatic rings. The number of methoxy groups -OCH3 is 1. The molecule has 0 saturated carbocycles. The lowest BCUT2D eigenvalue weighted by molar-refractivity contribution is -0.141. The van der Waals surface area contributed by atoms with Gasteiger partial charge in [-0.3, -0.25) is 9.59 Å². The van der Waals surface area contributed by atoms with E-state index >= 15 is 0 Å². The minimum atomic E-state index is -0.00673. The monoisotopic (exact) mass is 257 g/mol. The van der Waals surface area contributed by atoms with Crippen LogP contribution in [0.2, 0.25) is 0 Å². The molecule has 0 bridgehead atoms. The molecule has 0 aromatic carbocycles. The zero-order chi connectivity index (χ0) is 13.4. The Morgan fingerprint density at radius 2 is 1.61 bits per heavy atom. The third-order valence-corrected chi connectivity index (χ3v) is 3.10. The number of ether oxygens (including phenoxy) is 1. The van der Waals surface area contributed by atoms with Crippen LogP contribution in [0, 0.1) is 0 Å². The van der Waals surface area contributed by atoms with Crippen LogP contribution < -0.4 is 5.73 Å². The smallest absolute Gasteiger partial charge is 0.248 e. The van der Waals surface area contributed by atoms with E-state index in [0.717, 1.165) is 12.8 Å². The van der Waals surface area contributed by atoms with E-state index in [0.29, 0.717) is 39.1 Å². The lowest BCUT2D eigenvalue weighted by Crippen LogP contribution is -2.51. The highest BCUT2D eigenvalue weighted by Crippen LogP contribution is 2.06. The van der Waals surface area contributed by atoms with Crippen molar-refractivity contribution in [1.82, 2.24) is 9.80 Å². The van der Waals surface area contributed by atoms with Gasteiger partial charge in [-0.25, -0.2) is 0 Å². The maximum atomic E-state index is 11.8. The molecule has 18 heavy (non-hydrogen) atoms. The topological polar surface area (TPSA) is 75.9 Å². The van der Waals surface area contributed by atoms with Crippen LogP contribution in [0.25, 0.3) is 0 Å². The van der Waals surface area contributed by atoms with Gasteiger partial charge >= 0.3 is 0 Å². The SMILES string of the molecule is COCC(=O)N1CCN(C(=O)CCCCN)CC1. The molecule has 104 valence electrons. The predicted octanol–water partition coefficient (Wildman–Crippen LogP) is -0.567. The maximum Gasteiger partial charge on any atom is 0.248 e. The zero-order valence-electron chi connectivity index (χ0n) is 11.1. The number of nitrogens with zero attached hydrogens (tertiary/aromatic N) is 2. The summed E-state index contributed by atoms with van der Waals surface area (Å²) < 4.78 is 4.81. The number of carbonyl (C=O) groups is 2. The van der Waals surface area contributed by atoms with E-state index in [1.54, 1.807) is 4.90 Å². The summed E-state index contributed by atoms with van der Waals surface area (Å²) in [6, 6.07) is 0. The van der Waals surface area contributed by atoms with Crippen molar-refractivity contribution in [2.75, 3.05) is 46.4 Å². The van der Waals surface area contributed by atoms with Crippen molar-refractivity contribution in [3.63, 3.8) is 0 Å². The molecule has 0 aliphatic carbocycles. The second-order valence-corrected chi connectivity index (χ2v) is 4.44. The molecule has 1 rings (SSSR count). The van der Waals surface area contributed by atoms with Gasteiger partial charge in [0.1, 0.15) is 6.61 Å². The Morgan fingerprint density at radius 1 is 1.06 bits per heavy atom. The standard InChI is InChI=1S/C12H23N3O3/c1-18-10-12(17)15-8-6-14(7-9-15)11(16)4-2-3-5-13/h2-10,13H2,1H3. The molecule has 0 spiro atoms. The average Bonchev–Trinajstić information content (AvgIpc) is 2.39. The average molecular weight is 257 g/mol. The van der Waals surface area contributed by atoms with Crippen LogP contribution in [0.3, 0.4) is 0 Å². The van der Waals surface area contributed by atoms with Crippen LogP contribution in [-0.2, 0) is 14.3 Å². The zero-order valence-corrected chi connectivity index (χ0v) is 11.1. The molecule has 2 N–H and O–H groups in total. The number of nitrogens with two attached hydrogens (primary N) is 1. The van der Waals surface area contributed by atoms with Gasteiger partial charge in [0.05, 0.1) is 0 Å². The molecule has 0 radical (unpaired) electrons.